The number of ether oxygens (including phenoxy) is 4. The molecule has 5 heteroatoms. The van der Waals surface area contributed by atoms with Gasteiger partial charge in [0.1, 0.15) is 6.10 Å². The Bertz CT molecular complexity index is 686. The highest BCUT2D eigenvalue weighted by Gasteiger charge is 2.46. The van der Waals surface area contributed by atoms with Gasteiger partial charge in [0, 0.05) is 5.56 Å². The third-order valence-electron chi connectivity index (χ3n) is 3.82. The van der Waals surface area contributed by atoms with E-state index in [2.05, 4.69) is 0 Å². The molecular formula is C18H18O5. The molecule has 0 aliphatic carbocycles. The molecule has 120 valence electrons. The number of Topliss-reactive ketones (excluding diaryl/α,β-unsaturated/α-hetero) is 1. The van der Waals surface area contributed by atoms with Gasteiger partial charge in [-0.1, -0.05) is 30.3 Å². The Morgan fingerprint density at radius 2 is 1.57 bits per heavy atom. The van der Waals surface area contributed by atoms with E-state index in [1.807, 2.05) is 30.3 Å². The lowest BCUT2D eigenvalue weighted by atomic mass is 10.0. The van der Waals surface area contributed by atoms with Gasteiger partial charge in [-0.05, 0) is 17.7 Å². The van der Waals surface area contributed by atoms with Crippen molar-refractivity contribution in [3.63, 3.8) is 0 Å². The number of hydrogen-bond donors (Lipinski definition) is 0. The maximum absolute atomic E-state index is 12.4. The van der Waals surface area contributed by atoms with Crippen LogP contribution in [0.3, 0.4) is 0 Å². The van der Waals surface area contributed by atoms with Gasteiger partial charge >= 0.3 is 0 Å². The molecule has 23 heavy (non-hydrogen) atoms. The van der Waals surface area contributed by atoms with Crippen LogP contribution in [0.4, 0.5) is 0 Å². The number of carbonyl (C=O) groups excluding carboxylic acids is 1. The standard InChI is InChI=1S/C18H18O5/c1-20-13-9-12(10-14(21-2)17(13)22-3)16-18(23-16)15(19)11-7-5-4-6-8-11/h4-10,16,18H,1-3H3/t16-,18-/m1/s1. The molecule has 5 nitrogen and oxygen atoms in total. The minimum Gasteiger partial charge on any atom is -0.493 e. The van der Waals surface area contributed by atoms with Gasteiger partial charge in [0.15, 0.2) is 23.4 Å². The summed E-state index contributed by atoms with van der Waals surface area (Å²) in [7, 11) is 4.66. The van der Waals surface area contributed by atoms with E-state index in [1.54, 1.807) is 33.5 Å². The molecule has 0 unspecified atom stereocenters. The summed E-state index contributed by atoms with van der Waals surface area (Å²) < 4.78 is 21.6. The monoisotopic (exact) mass is 314 g/mol. The van der Waals surface area contributed by atoms with Crippen LogP contribution in [0.5, 0.6) is 17.2 Å². The zero-order valence-electron chi connectivity index (χ0n) is 13.2. The molecule has 0 aromatic heterocycles. The maximum atomic E-state index is 12.4. The Kier molecular flexibility index (Phi) is 4.21. The van der Waals surface area contributed by atoms with Gasteiger partial charge in [0.25, 0.3) is 0 Å². The molecule has 0 saturated carbocycles. The quantitative estimate of drug-likeness (QED) is 0.606. The maximum Gasteiger partial charge on any atom is 0.203 e. The molecule has 1 aliphatic heterocycles. The topological polar surface area (TPSA) is 57.3 Å². The molecule has 2 atom stereocenters. The number of rotatable bonds is 6. The Labute approximate surface area is 134 Å². The Hall–Kier alpha value is -2.53. The zero-order chi connectivity index (χ0) is 16.4. The van der Waals surface area contributed by atoms with Crippen molar-refractivity contribution in [3.8, 4) is 17.2 Å². The number of methoxy groups -OCH3 is 3. The fraction of sp³-hybridized carbons (Fsp3) is 0.278. The van der Waals surface area contributed by atoms with Crippen LogP contribution in [-0.4, -0.2) is 33.2 Å². The summed E-state index contributed by atoms with van der Waals surface area (Å²) in [6.07, 6.45) is -0.767. The predicted molar refractivity (Wildman–Crippen MR) is 84.5 cm³/mol. The van der Waals surface area contributed by atoms with Gasteiger partial charge in [0.05, 0.1) is 21.3 Å². The molecule has 0 radical (unpaired) electrons. The van der Waals surface area contributed by atoms with Crippen molar-refractivity contribution in [2.24, 2.45) is 0 Å². The second-order valence-electron chi connectivity index (χ2n) is 5.17. The van der Waals surface area contributed by atoms with E-state index in [4.69, 9.17) is 18.9 Å². The smallest absolute Gasteiger partial charge is 0.203 e. The van der Waals surface area contributed by atoms with Gasteiger partial charge in [0.2, 0.25) is 5.75 Å². The first-order chi connectivity index (χ1) is 11.2. The summed E-state index contributed by atoms with van der Waals surface area (Å²) in [5.74, 6) is 1.58. The Balaban J connectivity index is 1.85. The minimum atomic E-state index is -0.472. The fourth-order valence-corrected chi connectivity index (χ4v) is 2.60. The highest BCUT2D eigenvalue weighted by atomic mass is 16.6. The van der Waals surface area contributed by atoms with Crippen molar-refractivity contribution < 1.29 is 23.7 Å². The average Bonchev–Trinajstić information content (AvgIpc) is 3.41. The first-order valence-electron chi connectivity index (χ1n) is 7.24. The van der Waals surface area contributed by atoms with E-state index >= 15 is 0 Å². The van der Waals surface area contributed by atoms with Gasteiger partial charge in [-0.15, -0.1) is 0 Å². The van der Waals surface area contributed by atoms with E-state index in [0.29, 0.717) is 22.8 Å². The number of carbonyl (C=O) groups is 1. The van der Waals surface area contributed by atoms with Crippen molar-refractivity contribution in [2.75, 3.05) is 21.3 Å². The molecule has 0 bridgehead atoms. The first kappa shape index (κ1) is 15.4. The van der Waals surface area contributed by atoms with Crippen molar-refractivity contribution in [1.29, 1.82) is 0 Å². The third-order valence-corrected chi connectivity index (χ3v) is 3.82. The Morgan fingerprint density at radius 3 is 2.09 bits per heavy atom. The number of benzene rings is 2. The van der Waals surface area contributed by atoms with Crippen molar-refractivity contribution in [3.05, 3.63) is 53.6 Å². The third kappa shape index (κ3) is 2.87. The second-order valence-corrected chi connectivity index (χ2v) is 5.17. The van der Waals surface area contributed by atoms with Crippen molar-refractivity contribution >= 4 is 5.78 Å². The molecule has 3 rings (SSSR count). The number of ketones is 1. The molecule has 2 aromatic rings. The van der Waals surface area contributed by atoms with Crippen LogP contribution >= 0.6 is 0 Å². The van der Waals surface area contributed by atoms with Gasteiger partial charge < -0.3 is 18.9 Å². The second kappa shape index (κ2) is 6.30. The molecule has 1 saturated heterocycles. The molecule has 0 spiro atoms. The van der Waals surface area contributed by atoms with Crippen LogP contribution in [0, 0.1) is 0 Å². The summed E-state index contributed by atoms with van der Waals surface area (Å²) in [6, 6.07) is 12.7. The normalized spacial score (nSPS) is 19.1. The largest absolute Gasteiger partial charge is 0.493 e. The summed E-state index contributed by atoms with van der Waals surface area (Å²) in [6.45, 7) is 0. The van der Waals surface area contributed by atoms with E-state index < -0.39 is 6.10 Å². The first-order valence-corrected chi connectivity index (χ1v) is 7.24. The number of hydrogen-bond acceptors (Lipinski definition) is 5. The lowest BCUT2D eigenvalue weighted by molar-refractivity contribution is 0.0953. The van der Waals surface area contributed by atoms with Crippen LogP contribution in [0.25, 0.3) is 0 Å². The lowest BCUT2D eigenvalue weighted by Gasteiger charge is -2.13. The summed E-state index contributed by atoms with van der Waals surface area (Å²) in [4.78, 5) is 12.4. The van der Waals surface area contributed by atoms with Crippen molar-refractivity contribution in [1.82, 2.24) is 0 Å². The van der Waals surface area contributed by atoms with Gasteiger partial charge in [-0.2, -0.15) is 0 Å². The van der Waals surface area contributed by atoms with Crippen LogP contribution in [0.1, 0.15) is 22.0 Å². The van der Waals surface area contributed by atoms with Crippen LogP contribution in [0.15, 0.2) is 42.5 Å². The molecule has 0 N–H and O–H groups in total. The van der Waals surface area contributed by atoms with Crippen LogP contribution in [-0.2, 0) is 4.74 Å². The van der Waals surface area contributed by atoms with Gasteiger partial charge in [-0.3, -0.25) is 4.79 Å². The van der Waals surface area contributed by atoms with Crippen LogP contribution in [0.2, 0.25) is 0 Å². The molecule has 0 amide bonds. The minimum absolute atomic E-state index is 0.0237. The average molecular weight is 314 g/mol. The summed E-state index contributed by atoms with van der Waals surface area (Å²) in [5, 5.41) is 0. The predicted octanol–water partition coefficient (Wildman–Crippen LogP) is 3.04. The van der Waals surface area contributed by atoms with Crippen LogP contribution < -0.4 is 14.2 Å². The summed E-state index contributed by atoms with van der Waals surface area (Å²) in [5.41, 5.74) is 1.47. The SMILES string of the molecule is COc1cc([C@H]2O[C@@H]2C(=O)c2ccccc2)cc(OC)c1OC. The molecule has 1 fully saturated rings. The molecular weight excluding hydrogens is 296 g/mol. The lowest BCUT2D eigenvalue weighted by Crippen LogP contribution is -2.08. The Morgan fingerprint density at radius 1 is 0.957 bits per heavy atom. The molecule has 1 aliphatic rings. The highest BCUT2D eigenvalue weighted by Crippen LogP contribution is 2.46. The van der Waals surface area contributed by atoms with E-state index in [1.165, 1.54) is 0 Å². The zero-order valence-corrected chi connectivity index (χ0v) is 13.2. The van der Waals surface area contributed by atoms with Crippen molar-refractivity contribution in [2.45, 2.75) is 12.2 Å². The summed E-state index contributed by atoms with van der Waals surface area (Å²) >= 11 is 0. The molecule has 2 aromatic carbocycles. The van der Waals surface area contributed by atoms with Gasteiger partial charge in [-0.25, -0.2) is 0 Å². The van der Waals surface area contributed by atoms with E-state index in [0.717, 1.165) is 5.56 Å². The van der Waals surface area contributed by atoms with E-state index in [9.17, 15) is 4.79 Å². The molecule has 1 heterocycles. The van der Waals surface area contributed by atoms with E-state index in [-0.39, 0.29) is 11.9 Å². The number of epoxide rings is 1. The highest BCUT2D eigenvalue weighted by molar-refractivity contribution is 6.01. The fourth-order valence-electron chi connectivity index (χ4n) is 2.60.